The molecule has 2 amide bonds. The van der Waals surface area contributed by atoms with Crippen molar-refractivity contribution in [1.29, 1.82) is 0 Å². The van der Waals surface area contributed by atoms with Crippen LogP contribution in [-0.4, -0.2) is 67.0 Å². The minimum atomic E-state index is -3.75. The molecule has 0 aliphatic carbocycles. The number of ether oxygens (including phenoxy) is 1. The van der Waals surface area contributed by atoms with Crippen LogP contribution < -0.4 is 4.80 Å². The van der Waals surface area contributed by atoms with E-state index in [4.69, 9.17) is 4.74 Å². The van der Waals surface area contributed by atoms with Crippen molar-refractivity contribution in [2.75, 3.05) is 32.8 Å². The molecule has 1 aliphatic heterocycles. The zero-order chi connectivity index (χ0) is 25.3. The number of aromatic nitrogens is 1. The normalized spacial score (nSPS) is 15.5. The quantitative estimate of drug-likeness (QED) is 0.531. The lowest BCUT2D eigenvalue weighted by Crippen LogP contribution is -2.50. The van der Waals surface area contributed by atoms with Crippen molar-refractivity contribution < 1.29 is 22.7 Å². The van der Waals surface area contributed by atoms with Gasteiger partial charge in [-0.05, 0) is 62.2 Å². The summed E-state index contributed by atoms with van der Waals surface area (Å²) < 4.78 is 35.4. The van der Waals surface area contributed by atoms with Crippen LogP contribution in [0.15, 0.2) is 46.3 Å². The lowest BCUT2D eigenvalue weighted by Gasteiger charge is -2.33. The molecule has 9 nitrogen and oxygen atoms in total. The molecule has 0 radical (unpaired) electrons. The third-order valence-electron chi connectivity index (χ3n) is 6.19. The van der Waals surface area contributed by atoms with Gasteiger partial charge in [-0.15, -0.1) is 0 Å². The number of piperazine rings is 1. The number of nitrogens with zero attached hydrogens (tertiary/aromatic N) is 4. The number of sulfonamides is 1. The van der Waals surface area contributed by atoms with Crippen molar-refractivity contribution in [3.05, 3.63) is 57.9 Å². The Morgan fingerprint density at radius 3 is 2.31 bits per heavy atom. The molecular weight excluding hydrogens is 488 g/mol. The highest BCUT2D eigenvalue weighted by Gasteiger charge is 2.30. The Kier molecular flexibility index (Phi) is 7.11. The van der Waals surface area contributed by atoms with E-state index in [2.05, 4.69) is 11.1 Å². The van der Waals surface area contributed by atoms with Crippen LogP contribution in [0.5, 0.6) is 0 Å². The predicted octanol–water partition coefficient (Wildman–Crippen LogP) is 3.06. The summed E-state index contributed by atoms with van der Waals surface area (Å²) in [6, 6.07) is 9.89. The number of rotatable bonds is 4. The van der Waals surface area contributed by atoms with Gasteiger partial charge in [-0.1, -0.05) is 17.4 Å². The molecule has 2 heterocycles. The van der Waals surface area contributed by atoms with Crippen molar-refractivity contribution in [3.8, 4) is 0 Å². The summed E-state index contributed by atoms with van der Waals surface area (Å²) in [6.07, 6.45) is -0.437. The molecule has 0 atom stereocenters. The van der Waals surface area contributed by atoms with E-state index in [0.29, 0.717) is 10.4 Å². The van der Waals surface area contributed by atoms with Crippen LogP contribution in [0.2, 0.25) is 0 Å². The fraction of sp³-hybridized carbons (Fsp3) is 0.375. The molecular formula is C24H28N4O5S2. The van der Waals surface area contributed by atoms with Crippen molar-refractivity contribution in [2.45, 2.75) is 25.7 Å². The van der Waals surface area contributed by atoms with E-state index in [0.717, 1.165) is 15.8 Å². The summed E-state index contributed by atoms with van der Waals surface area (Å²) in [5, 5.41) is 0. The largest absolute Gasteiger partial charge is 0.450 e. The number of hydrogen-bond donors (Lipinski definition) is 0. The van der Waals surface area contributed by atoms with Gasteiger partial charge in [-0.25, -0.2) is 13.2 Å². The Bertz CT molecular complexity index is 1450. The van der Waals surface area contributed by atoms with E-state index in [-0.39, 0.29) is 37.7 Å². The average Bonchev–Trinajstić information content (AvgIpc) is 3.17. The molecule has 2 aromatic carbocycles. The SMILES string of the molecule is CCOC(=O)N1CCN(S(=O)(=O)c2ccc(C(=O)N=c3sc4ccc(C)c(C)c4n3C)cc2)CC1. The van der Waals surface area contributed by atoms with E-state index >= 15 is 0 Å². The van der Waals surface area contributed by atoms with Gasteiger partial charge in [0.05, 0.1) is 21.7 Å². The van der Waals surface area contributed by atoms with Crippen molar-refractivity contribution in [3.63, 3.8) is 0 Å². The summed E-state index contributed by atoms with van der Waals surface area (Å²) >= 11 is 1.44. The van der Waals surface area contributed by atoms with Crippen LogP contribution in [0, 0.1) is 13.8 Å². The Balaban J connectivity index is 1.52. The number of benzene rings is 2. The summed E-state index contributed by atoms with van der Waals surface area (Å²) in [5.74, 6) is -0.437. The highest BCUT2D eigenvalue weighted by molar-refractivity contribution is 7.89. The van der Waals surface area contributed by atoms with Crippen LogP contribution in [0.4, 0.5) is 4.79 Å². The number of thiazole rings is 1. The minimum Gasteiger partial charge on any atom is -0.450 e. The number of amides is 2. The first-order chi connectivity index (χ1) is 16.6. The predicted molar refractivity (Wildman–Crippen MR) is 134 cm³/mol. The second-order valence-corrected chi connectivity index (χ2v) is 11.3. The third-order valence-corrected chi connectivity index (χ3v) is 9.20. The second-order valence-electron chi connectivity index (χ2n) is 8.33. The molecule has 0 bridgehead atoms. The third kappa shape index (κ3) is 4.89. The van der Waals surface area contributed by atoms with Gasteiger partial charge in [0.1, 0.15) is 0 Å². The number of aryl methyl sites for hydroxylation is 3. The van der Waals surface area contributed by atoms with Gasteiger partial charge < -0.3 is 14.2 Å². The highest BCUT2D eigenvalue weighted by Crippen LogP contribution is 2.23. The zero-order valence-corrected chi connectivity index (χ0v) is 21.8. The molecule has 1 fully saturated rings. The molecule has 0 spiro atoms. The first kappa shape index (κ1) is 25.1. The van der Waals surface area contributed by atoms with Crippen molar-refractivity contribution >= 4 is 43.6 Å². The van der Waals surface area contributed by atoms with Gasteiger partial charge in [-0.2, -0.15) is 9.30 Å². The van der Waals surface area contributed by atoms with E-state index in [1.807, 2.05) is 31.5 Å². The number of hydrogen-bond acceptors (Lipinski definition) is 6. The summed E-state index contributed by atoms with van der Waals surface area (Å²) in [5.41, 5.74) is 3.67. The van der Waals surface area contributed by atoms with Crippen LogP contribution in [0.3, 0.4) is 0 Å². The van der Waals surface area contributed by atoms with Crippen LogP contribution in [0.25, 0.3) is 10.2 Å². The molecule has 1 saturated heterocycles. The second kappa shape index (κ2) is 9.92. The lowest BCUT2D eigenvalue weighted by molar-refractivity contribution is 0.0933. The van der Waals surface area contributed by atoms with Crippen molar-refractivity contribution in [1.82, 2.24) is 13.8 Å². The molecule has 35 heavy (non-hydrogen) atoms. The summed E-state index contributed by atoms with van der Waals surface area (Å²) in [6.45, 7) is 6.98. The van der Waals surface area contributed by atoms with Gasteiger partial charge in [0.15, 0.2) is 4.80 Å². The van der Waals surface area contributed by atoms with Gasteiger partial charge in [0, 0.05) is 38.8 Å². The Hall–Kier alpha value is -3.02. The van der Waals surface area contributed by atoms with Gasteiger partial charge in [-0.3, -0.25) is 4.79 Å². The molecule has 0 unspecified atom stereocenters. The van der Waals surface area contributed by atoms with E-state index in [9.17, 15) is 18.0 Å². The van der Waals surface area contributed by atoms with Gasteiger partial charge in [0.25, 0.3) is 5.91 Å². The first-order valence-electron chi connectivity index (χ1n) is 11.3. The molecule has 0 N–H and O–H groups in total. The lowest BCUT2D eigenvalue weighted by atomic mass is 10.1. The summed E-state index contributed by atoms with van der Waals surface area (Å²) in [4.78, 5) is 31.1. The molecule has 3 aromatic rings. The maximum Gasteiger partial charge on any atom is 0.409 e. The van der Waals surface area contributed by atoms with Crippen LogP contribution >= 0.6 is 11.3 Å². The van der Waals surface area contributed by atoms with E-state index in [1.165, 1.54) is 50.4 Å². The molecule has 4 rings (SSSR count). The number of fused-ring (bicyclic) bond motifs is 1. The number of carbonyl (C=O) groups excluding carboxylic acids is 2. The fourth-order valence-corrected chi connectivity index (χ4v) is 6.53. The van der Waals surface area contributed by atoms with Crippen LogP contribution in [0.1, 0.15) is 28.4 Å². The monoisotopic (exact) mass is 516 g/mol. The highest BCUT2D eigenvalue weighted by atomic mass is 32.2. The topological polar surface area (TPSA) is 101 Å². The van der Waals surface area contributed by atoms with Crippen LogP contribution in [-0.2, 0) is 21.8 Å². The fourth-order valence-electron chi connectivity index (χ4n) is 4.03. The molecule has 1 aliphatic rings. The average molecular weight is 517 g/mol. The summed E-state index contributed by atoms with van der Waals surface area (Å²) in [7, 11) is -1.86. The molecule has 11 heteroatoms. The number of carbonyl (C=O) groups is 2. The Morgan fingerprint density at radius 1 is 1.03 bits per heavy atom. The smallest absolute Gasteiger partial charge is 0.409 e. The van der Waals surface area contributed by atoms with Crippen molar-refractivity contribution in [2.24, 2.45) is 12.0 Å². The minimum absolute atomic E-state index is 0.0946. The van der Waals surface area contributed by atoms with E-state index < -0.39 is 22.0 Å². The molecule has 0 saturated carbocycles. The first-order valence-corrected chi connectivity index (χ1v) is 13.6. The van der Waals surface area contributed by atoms with E-state index in [1.54, 1.807) is 6.92 Å². The molecule has 186 valence electrons. The Labute approximate surface area is 208 Å². The standard InChI is InChI=1S/C24H28N4O5S2/c1-5-33-24(30)27-12-14-28(15-13-27)35(31,32)19-9-7-18(8-10-19)22(29)25-23-26(4)21-17(3)16(2)6-11-20(21)34-23/h6-11H,5,12-15H2,1-4H3. The Morgan fingerprint density at radius 2 is 1.69 bits per heavy atom. The zero-order valence-electron chi connectivity index (χ0n) is 20.1. The van der Waals surface area contributed by atoms with Gasteiger partial charge >= 0.3 is 6.09 Å². The maximum absolute atomic E-state index is 13.0. The maximum atomic E-state index is 13.0. The molecule has 1 aromatic heterocycles. The van der Waals surface area contributed by atoms with Gasteiger partial charge in [0.2, 0.25) is 10.0 Å².